The second-order valence-corrected chi connectivity index (χ2v) is 9.65. The lowest BCUT2D eigenvalue weighted by Crippen LogP contribution is -2.38. The smallest absolute Gasteiger partial charge is 0.322 e. The van der Waals surface area contributed by atoms with Gasteiger partial charge in [0.25, 0.3) is 0 Å². The third-order valence-electron chi connectivity index (χ3n) is 4.66. The van der Waals surface area contributed by atoms with Crippen molar-refractivity contribution in [3.8, 4) is 0 Å². The summed E-state index contributed by atoms with van der Waals surface area (Å²) in [6.45, 7) is 11.4. The van der Waals surface area contributed by atoms with Crippen molar-refractivity contribution < 1.29 is 9.59 Å². The zero-order valence-corrected chi connectivity index (χ0v) is 18.4. The van der Waals surface area contributed by atoms with Crippen LogP contribution in [0.5, 0.6) is 0 Å². The first-order chi connectivity index (χ1) is 13.6. The molecule has 0 saturated heterocycles. The van der Waals surface area contributed by atoms with Crippen LogP contribution in [0.15, 0.2) is 24.3 Å². The van der Waals surface area contributed by atoms with Gasteiger partial charge in [0.1, 0.15) is 0 Å². The Bertz CT molecular complexity index is 883. The third kappa shape index (κ3) is 5.47. The molecule has 0 radical (unpaired) electrons. The summed E-state index contributed by atoms with van der Waals surface area (Å²) in [5, 5.41) is 9.09. The van der Waals surface area contributed by atoms with Gasteiger partial charge in [0.05, 0.1) is 12.2 Å². The fourth-order valence-corrected chi connectivity index (χ4v) is 4.09. The molecule has 0 bridgehead atoms. The molecule has 156 valence electrons. The summed E-state index contributed by atoms with van der Waals surface area (Å²) in [6, 6.07) is 7.65. The van der Waals surface area contributed by atoms with Gasteiger partial charge >= 0.3 is 12.1 Å². The lowest BCUT2D eigenvalue weighted by Gasteiger charge is -2.26. The van der Waals surface area contributed by atoms with Gasteiger partial charge < -0.3 is 15.5 Å². The van der Waals surface area contributed by atoms with Crippen molar-refractivity contribution in [2.24, 2.45) is 0 Å². The van der Waals surface area contributed by atoms with Crippen LogP contribution >= 0.6 is 11.3 Å². The van der Waals surface area contributed by atoms with Crippen molar-refractivity contribution in [3.05, 3.63) is 40.4 Å². The maximum absolute atomic E-state index is 12.7. The molecule has 1 aromatic carbocycles. The van der Waals surface area contributed by atoms with Gasteiger partial charge in [-0.05, 0) is 37.0 Å². The minimum absolute atomic E-state index is 0.0567. The summed E-state index contributed by atoms with van der Waals surface area (Å²) in [7, 11) is 0. The van der Waals surface area contributed by atoms with Crippen LogP contribution < -0.4 is 16.0 Å². The minimum atomic E-state index is -0.264. The van der Waals surface area contributed by atoms with Crippen LogP contribution in [0.4, 0.5) is 20.4 Å². The predicted molar refractivity (Wildman–Crippen MR) is 118 cm³/mol. The van der Waals surface area contributed by atoms with E-state index in [1.165, 1.54) is 16.9 Å². The van der Waals surface area contributed by atoms with E-state index in [0.717, 1.165) is 16.3 Å². The molecule has 2 aromatic rings. The van der Waals surface area contributed by atoms with Gasteiger partial charge in [-0.2, -0.15) is 0 Å². The molecule has 3 rings (SSSR count). The number of carbonyl (C=O) groups excluding carboxylic acids is 2. The summed E-state index contributed by atoms with van der Waals surface area (Å²) in [5.41, 5.74) is 3.04. The maximum Gasteiger partial charge on any atom is 0.322 e. The quantitative estimate of drug-likeness (QED) is 0.687. The van der Waals surface area contributed by atoms with Crippen LogP contribution in [0.1, 0.15) is 50.8 Å². The van der Waals surface area contributed by atoms with Crippen LogP contribution in [0.3, 0.4) is 0 Å². The van der Waals surface area contributed by atoms with Gasteiger partial charge in [-0.25, -0.2) is 14.6 Å². The second-order valence-electron chi connectivity index (χ2n) is 8.57. The highest BCUT2D eigenvalue weighted by atomic mass is 32.1. The molecule has 0 fully saturated rings. The molecule has 8 heteroatoms. The number of anilines is 2. The number of nitrogens with zero attached hydrogens (tertiary/aromatic N) is 2. The van der Waals surface area contributed by atoms with Crippen LogP contribution in [0.2, 0.25) is 0 Å². The molecule has 1 aliphatic rings. The molecule has 0 unspecified atom stereocenters. The molecule has 7 nitrogen and oxygen atoms in total. The van der Waals surface area contributed by atoms with Crippen molar-refractivity contribution in [1.29, 1.82) is 0 Å². The summed E-state index contributed by atoms with van der Waals surface area (Å²) in [4.78, 5) is 31.8. The third-order valence-corrected chi connectivity index (χ3v) is 5.66. The first-order valence-electron chi connectivity index (χ1n) is 9.84. The minimum Gasteiger partial charge on any atom is -0.336 e. The van der Waals surface area contributed by atoms with Crippen molar-refractivity contribution >= 4 is 34.2 Å². The Hall–Kier alpha value is -2.61. The summed E-state index contributed by atoms with van der Waals surface area (Å²) < 4.78 is 0. The lowest BCUT2D eigenvalue weighted by molar-refractivity contribution is 0.207. The van der Waals surface area contributed by atoms with E-state index in [9.17, 15) is 9.59 Å². The monoisotopic (exact) mass is 415 g/mol. The van der Waals surface area contributed by atoms with E-state index in [4.69, 9.17) is 0 Å². The molecule has 0 atom stereocenters. The lowest BCUT2D eigenvalue weighted by atomic mass is 9.87. The van der Waals surface area contributed by atoms with Crippen molar-refractivity contribution in [2.75, 3.05) is 17.2 Å². The number of thiazole rings is 1. The van der Waals surface area contributed by atoms with E-state index in [2.05, 4.69) is 41.7 Å². The van der Waals surface area contributed by atoms with Gasteiger partial charge in [-0.15, -0.1) is 0 Å². The van der Waals surface area contributed by atoms with E-state index in [0.29, 0.717) is 24.6 Å². The number of urea groups is 2. The number of nitrogens with one attached hydrogen (secondary N) is 3. The first kappa shape index (κ1) is 21.1. The highest BCUT2D eigenvalue weighted by molar-refractivity contribution is 7.15. The standard InChI is InChI=1S/C21H29N5O2S/c1-13(2)22-18(27)25-19-24-16-10-11-26(12-17(16)29-19)20(28)23-15-8-6-14(7-9-15)21(3,4)5/h6-9,13H,10-12H2,1-5H3,(H,23,28)(H2,22,24,25,27). The Kier molecular flexibility index (Phi) is 6.12. The number of benzene rings is 1. The number of hydrogen-bond donors (Lipinski definition) is 3. The largest absolute Gasteiger partial charge is 0.336 e. The number of amides is 4. The topological polar surface area (TPSA) is 86.4 Å². The molecule has 0 spiro atoms. The Morgan fingerprint density at radius 3 is 2.45 bits per heavy atom. The molecule has 3 N–H and O–H groups in total. The molecular formula is C21H29N5O2S. The van der Waals surface area contributed by atoms with Crippen LogP contribution in [-0.2, 0) is 18.4 Å². The molecule has 4 amide bonds. The average Bonchev–Trinajstić information content (AvgIpc) is 3.01. The maximum atomic E-state index is 12.7. The molecule has 1 aromatic heterocycles. The highest BCUT2D eigenvalue weighted by Gasteiger charge is 2.25. The normalized spacial score (nSPS) is 13.8. The van der Waals surface area contributed by atoms with Gasteiger partial charge in [-0.3, -0.25) is 5.32 Å². The fraction of sp³-hybridized carbons (Fsp3) is 0.476. The molecule has 0 saturated carbocycles. The van der Waals surface area contributed by atoms with Crippen molar-refractivity contribution in [1.82, 2.24) is 15.2 Å². The number of fused-ring (bicyclic) bond motifs is 1. The van der Waals surface area contributed by atoms with Gasteiger partial charge in [0.15, 0.2) is 5.13 Å². The fourth-order valence-electron chi connectivity index (χ4n) is 3.07. The highest BCUT2D eigenvalue weighted by Crippen LogP contribution is 2.29. The van der Waals surface area contributed by atoms with E-state index in [1.54, 1.807) is 4.90 Å². The number of rotatable bonds is 3. The van der Waals surface area contributed by atoms with E-state index in [-0.39, 0.29) is 23.5 Å². The van der Waals surface area contributed by atoms with Gasteiger partial charge in [0, 0.05) is 29.6 Å². The Balaban J connectivity index is 1.60. The summed E-state index contributed by atoms with van der Waals surface area (Å²) in [5.74, 6) is 0. The Morgan fingerprint density at radius 1 is 1.14 bits per heavy atom. The number of hydrogen-bond acceptors (Lipinski definition) is 4. The summed E-state index contributed by atoms with van der Waals surface area (Å²) in [6.07, 6.45) is 0.676. The molecule has 1 aliphatic heterocycles. The molecule has 0 aliphatic carbocycles. The van der Waals surface area contributed by atoms with Crippen LogP contribution in [0, 0.1) is 0 Å². The molecular weight excluding hydrogens is 386 g/mol. The van der Waals surface area contributed by atoms with Crippen molar-refractivity contribution in [3.63, 3.8) is 0 Å². The van der Waals surface area contributed by atoms with Crippen molar-refractivity contribution in [2.45, 2.75) is 59.0 Å². The number of carbonyl (C=O) groups is 2. The zero-order chi connectivity index (χ0) is 21.2. The zero-order valence-electron chi connectivity index (χ0n) is 17.6. The molecule has 2 heterocycles. The van der Waals surface area contributed by atoms with Gasteiger partial charge in [-0.1, -0.05) is 44.2 Å². The molecule has 29 heavy (non-hydrogen) atoms. The Labute approximate surface area is 175 Å². The Morgan fingerprint density at radius 2 is 1.83 bits per heavy atom. The summed E-state index contributed by atoms with van der Waals surface area (Å²) >= 11 is 1.42. The van der Waals surface area contributed by atoms with E-state index < -0.39 is 0 Å². The van der Waals surface area contributed by atoms with E-state index >= 15 is 0 Å². The average molecular weight is 416 g/mol. The van der Waals surface area contributed by atoms with E-state index in [1.807, 2.05) is 38.1 Å². The van der Waals surface area contributed by atoms with Gasteiger partial charge in [0.2, 0.25) is 0 Å². The van der Waals surface area contributed by atoms with Crippen LogP contribution in [0.25, 0.3) is 0 Å². The predicted octanol–water partition coefficient (Wildman–Crippen LogP) is 4.56. The SMILES string of the molecule is CC(C)NC(=O)Nc1nc2c(s1)CN(C(=O)Nc1ccc(C(C)(C)C)cc1)CC2. The first-order valence-corrected chi connectivity index (χ1v) is 10.7. The van der Waals surface area contributed by atoms with Crippen LogP contribution in [-0.4, -0.2) is 34.5 Å². The second kappa shape index (κ2) is 8.41. The number of aromatic nitrogens is 1.